The second-order valence-electron chi connectivity index (χ2n) is 4.66. The Kier molecular flexibility index (Phi) is 3.91. The SMILES string of the molecule is CC(=O)c1ccc(Cl)c(-c2ccccc2N(C)C)c1. The van der Waals surface area contributed by atoms with Crippen LogP contribution in [0.4, 0.5) is 5.69 Å². The average Bonchev–Trinajstić information content (AvgIpc) is 2.39. The highest BCUT2D eigenvalue weighted by molar-refractivity contribution is 6.33. The summed E-state index contributed by atoms with van der Waals surface area (Å²) in [4.78, 5) is 13.5. The fourth-order valence-electron chi connectivity index (χ4n) is 2.04. The predicted octanol–water partition coefficient (Wildman–Crippen LogP) is 4.28. The molecule has 19 heavy (non-hydrogen) atoms. The molecule has 0 unspecified atom stereocenters. The third kappa shape index (κ3) is 2.79. The molecule has 0 N–H and O–H groups in total. The van der Waals surface area contributed by atoms with E-state index in [4.69, 9.17) is 11.6 Å². The van der Waals surface area contributed by atoms with Gasteiger partial charge in [-0.15, -0.1) is 0 Å². The smallest absolute Gasteiger partial charge is 0.159 e. The normalized spacial score (nSPS) is 10.3. The van der Waals surface area contributed by atoms with Gasteiger partial charge in [0.1, 0.15) is 0 Å². The van der Waals surface area contributed by atoms with Crippen molar-refractivity contribution in [1.82, 2.24) is 0 Å². The van der Waals surface area contributed by atoms with Crippen LogP contribution in [-0.2, 0) is 0 Å². The third-order valence-corrected chi connectivity index (χ3v) is 3.38. The predicted molar refractivity (Wildman–Crippen MR) is 81.2 cm³/mol. The number of halogens is 1. The monoisotopic (exact) mass is 273 g/mol. The molecule has 2 rings (SSSR count). The van der Waals surface area contributed by atoms with Crippen molar-refractivity contribution in [3.8, 4) is 11.1 Å². The van der Waals surface area contributed by atoms with Gasteiger partial charge in [-0.3, -0.25) is 4.79 Å². The van der Waals surface area contributed by atoms with Crippen LogP contribution >= 0.6 is 11.6 Å². The molecule has 3 heteroatoms. The van der Waals surface area contributed by atoms with Crippen molar-refractivity contribution in [2.75, 3.05) is 19.0 Å². The number of anilines is 1. The zero-order chi connectivity index (χ0) is 14.0. The minimum absolute atomic E-state index is 0.0419. The highest BCUT2D eigenvalue weighted by atomic mass is 35.5. The summed E-state index contributed by atoms with van der Waals surface area (Å²) in [6.45, 7) is 1.56. The molecular weight excluding hydrogens is 258 g/mol. The number of Topliss-reactive ketones (excluding diaryl/α,β-unsaturated/α-hetero) is 1. The van der Waals surface area contributed by atoms with Crippen molar-refractivity contribution < 1.29 is 4.79 Å². The molecule has 0 aromatic heterocycles. The molecule has 0 saturated heterocycles. The number of hydrogen-bond donors (Lipinski definition) is 0. The molecule has 0 bridgehead atoms. The van der Waals surface area contributed by atoms with Crippen molar-refractivity contribution in [2.45, 2.75) is 6.92 Å². The number of hydrogen-bond acceptors (Lipinski definition) is 2. The van der Waals surface area contributed by atoms with Crippen molar-refractivity contribution in [3.05, 3.63) is 53.1 Å². The molecule has 0 spiro atoms. The number of ketones is 1. The van der Waals surface area contributed by atoms with Gasteiger partial charge in [-0.05, 0) is 31.2 Å². The lowest BCUT2D eigenvalue weighted by Gasteiger charge is -2.18. The van der Waals surface area contributed by atoms with Gasteiger partial charge in [0.15, 0.2) is 5.78 Å². The van der Waals surface area contributed by atoms with Crippen molar-refractivity contribution in [3.63, 3.8) is 0 Å². The van der Waals surface area contributed by atoms with E-state index in [9.17, 15) is 4.79 Å². The Hall–Kier alpha value is -1.80. The van der Waals surface area contributed by atoms with Crippen LogP contribution in [0.3, 0.4) is 0 Å². The second kappa shape index (κ2) is 5.45. The van der Waals surface area contributed by atoms with Crippen LogP contribution in [-0.4, -0.2) is 19.9 Å². The van der Waals surface area contributed by atoms with Crippen LogP contribution < -0.4 is 4.90 Å². The van der Waals surface area contributed by atoms with Gasteiger partial charge in [-0.25, -0.2) is 0 Å². The first-order chi connectivity index (χ1) is 9.00. The van der Waals surface area contributed by atoms with E-state index in [1.807, 2.05) is 49.3 Å². The Morgan fingerprint density at radius 3 is 2.37 bits per heavy atom. The van der Waals surface area contributed by atoms with E-state index in [0.717, 1.165) is 16.8 Å². The second-order valence-corrected chi connectivity index (χ2v) is 5.07. The first-order valence-electron chi connectivity index (χ1n) is 6.08. The quantitative estimate of drug-likeness (QED) is 0.778. The maximum absolute atomic E-state index is 11.5. The Morgan fingerprint density at radius 1 is 1.05 bits per heavy atom. The molecular formula is C16H16ClNO. The summed E-state index contributed by atoms with van der Waals surface area (Å²) in [6, 6.07) is 13.4. The van der Waals surface area contributed by atoms with Gasteiger partial charge in [0, 0.05) is 41.5 Å². The van der Waals surface area contributed by atoms with Crippen LogP contribution in [0.15, 0.2) is 42.5 Å². The van der Waals surface area contributed by atoms with Gasteiger partial charge in [-0.2, -0.15) is 0 Å². The zero-order valence-corrected chi connectivity index (χ0v) is 12.0. The minimum atomic E-state index is 0.0419. The summed E-state index contributed by atoms with van der Waals surface area (Å²) >= 11 is 6.28. The van der Waals surface area contributed by atoms with Crippen LogP contribution in [0.1, 0.15) is 17.3 Å². The topological polar surface area (TPSA) is 20.3 Å². The minimum Gasteiger partial charge on any atom is -0.377 e. The van der Waals surface area contributed by atoms with E-state index in [1.54, 1.807) is 19.1 Å². The fourth-order valence-corrected chi connectivity index (χ4v) is 2.26. The summed E-state index contributed by atoms with van der Waals surface area (Å²) in [5.41, 5.74) is 3.66. The Balaban J connectivity index is 2.64. The van der Waals surface area contributed by atoms with Gasteiger partial charge in [-0.1, -0.05) is 29.8 Å². The summed E-state index contributed by atoms with van der Waals surface area (Å²) in [6.07, 6.45) is 0. The molecule has 0 fully saturated rings. The molecule has 2 aromatic rings. The molecule has 2 nitrogen and oxygen atoms in total. The number of para-hydroxylation sites is 1. The maximum atomic E-state index is 11.5. The number of carbonyl (C=O) groups excluding carboxylic acids is 1. The molecule has 0 aliphatic rings. The average molecular weight is 274 g/mol. The third-order valence-electron chi connectivity index (χ3n) is 3.05. The first-order valence-corrected chi connectivity index (χ1v) is 6.45. The molecule has 2 aromatic carbocycles. The number of nitrogens with zero attached hydrogens (tertiary/aromatic N) is 1. The van der Waals surface area contributed by atoms with E-state index in [0.29, 0.717) is 10.6 Å². The van der Waals surface area contributed by atoms with Crippen molar-refractivity contribution in [2.24, 2.45) is 0 Å². The Labute approximate surface area is 118 Å². The molecule has 0 amide bonds. The zero-order valence-electron chi connectivity index (χ0n) is 11.3. The summed E-state index contributed by atoms with van der Waals surface area (Å²) in [5.74, 6) is 0.0419. The van der Waals surface area contributed by atoms with Crippen molar-refractivity contribution >= 4 is 23.1 Å². The maximum Gasteiger partial charge on any atom is 0.159 e. The van der Waals surface area contributed by atoms with E-state index in [-0.39, 0.29) is 5.78 Å². The van der Waals surface area contributed by atoms with Gasteiger partial charge in [0.25, 0.3) is 0 Å². The standard InChI is InChI=1S/C16H16ClNO/c1-11(19)12-8-9-15(17)14(10-12)13-6-4-5-7-16(13)18(2)3/h4-10H,1-3H3. The number of carbonyl (C=O) groups is 1. The van der Waals surface area contributed by atoms with E-state index >= 15 is 0 Å². The largest absolute Gasteiger partial charge is 0.377 e. The van der Waals surface area contributed by atoms with Crippen LogP contribution in [0.5, 0.6) is 0 Å². The molecule has 0 aliphatic carbocycles. The summed E-state index contributed by atoms with van der Waals surface area (Å²) in [7, 11) is 3.98. The van der Waals surface area contributed by atoms with Crippen molar-refractivity contribution in [1.29, 1.82) is 0 Å². The lowest BCUT2D eigenvalue weighted by atomic mass is 9.99. The summed E-state index contributed by atoms with van der Waals surface area (Å²) in [5, 5.41) is 0.652. The Bertz CT molecular complexity index is 620. The molecule has 0 saturated carbocycles. The van der Waals surface area contributed by atoms with Crippen LogP contribution in [0.2, 0.25) is 5.02 Å². The molecule has 0 heterocycles. The number of benzene rings is 2. The van der Waals surface area contributed by atoms with E-state index in [1.165, 1.54) is 0 Å². The van der Waals surface area contributed by atoms with E-state index in [2.05, 4.69) is 0 Å². The molecule has 0 radical (unpaired) electrons. The summed E-state index contributed by atoms with van der Waals surface area (Å²) < 4.78 is 0. The molecule has 0 atom stereocenters. The molecule has 98 valence electrons. The fraction of sp³-hybridized carbons (Fsp3) is 0.188. The van der Waals surface area contributed by atoms with Crippen LogP contribution in [0.25, 0.3) is 11.1 Å². The van der Waals surface area contributed by atoms with Gasteiger partial charge < -0.3 is 4.90 Å². The van der Waals surface area contributed by atoms with Gasteiger partial charge in [0.05, 0.1) is 0 Å². The highest BCUT2D eigenvalue weighted by Crippen LogP contribution is 2.35. The Morgan fingerprint density at radius 2 is 1.74 bits per heavy atom. The van der Waals surface area contributed by atoms with Gasteiger partial charge >= 0.3 is 0 Å². The highest BCUT2D eigenvalue weighted by Gasteiger charge is 2.11. The van der Waals surface area contributed by atoms with E-state index < -0.39 is 0 Å². The number of rotatable bonds is 3. The lowest BCUT2D eigenvalue weighted by molar-refractivity contribution is 0.101. The van der Waals surface area contributed by atoms with Gasteiger partial charge in [0.2, 0.25) is 0 Å². The lowest BCUT2D eigenvalue weighted by Crippen LogP contribution is -2.09. The van der Waals surface area contributed by atoms with Crippen LogP contribution in [0, 0.1) is 0 Å². The molecule has 0 aliphatic heterocycles. The first kappa shape index (κ1) is 13.6.